The van der Waals surface area contributed by atoms with Crippen LogP contribution >= 0.6 is 0 Å². The fourth-order valence-electron chi connectivity index (χ4n) is 4.96. The number of rotatable bonds is 10. The molecule has 2 aromatic carbocycles. The second-order valence-corrected chi connectivity index (χ2v) is 10.6. The van der Waals surface area contributed by atoms with Crippen LogP contribution in [0.4, 0.5) is 23.4 Å². The first-order chi connectivity index (χ1) is 19.5. The number of hydrogen-bond donors (Lipinski definition) is 2. The van der Waals surface area contributed by atoms with Gasteiger partial charge in [0.2, 0.25) is 0 Å². The number of carbonyl (C=O) groups excluding carboxylic acids is 2. The average molecular weight is 574 g/mol. The number of aromatic nitrogens is 1. The molecule has 0 spiro atoms. The lowest BCUT2D eigenvalue weighted by Gasteiger charge is -2.22. The summed E-state index contributed by atoms with van der Waals surface area (Å²) in [5.74, 6) is -6.27. The quantitative estimate of drug-likeness (QED) is 0.196. The summed E-state index contributed by atoms with van der Waals surface area (Å²) in [6.07, 6.45) is 3.95. The lowest BCUT2D eigenvalue weighted by molar-refractivity contribution is -0.151. The number of nitrogens with two attached hydrogens (primary N) is 1. The Bertz CT molecular complexity index is 1490. The Morgan fingerprint density at radius 3 is 2.22 bits per heavy atom. The zero-order valence-electron chi connectivity index (χ0n) is 22.7. The molecule has 1 saturated carbocycles. The number of nitrogens with zero attached hydrogens (tertiary/aromatic N) is 1. The lowest BCUT2D eigenvalue weighted by atomic mass is 10.0. The largest absolute Gasteiger partial charge is 0.461 e. The normalized spacial score (nSPS) is 14.4. The summed E-state index contributed by atoms with van der Waals surface area (Å²) < 4.78 is 64.3. The highest BCUT2D eigenvalue weighted by Gasteiger charge is 2.27. The summed E-state index contributed by atoms with van der Waals surface area (Å²) in [5.41, 5.74) is 3.45. The molecule has 0 radical (unpaired) electrons. The van der Waals surface area contributed by atoms with Crippen molar-refractivity contribution in [3.63, 3.8) is 0 Å². The molecule has 3 aromatic rings. The predicted octanol–water partition coefficient (Wildman–Crippen LogP) is 5.20. The summed E-state index contributed by atoms with van der Waals surface area (Å²) in [7, 11) is 0. The van der Waals surface area contributed by atoms with Crippen LogP contribution in [0.3, 0.4) is 0 Å². The van der Waals surface area contributed by atoms with Gasteiger partial charge in [-0.25, -0.2) is 17.6 Å². The van der Waals surface area contributed by atoms with Crippen LogP contribution in [0.2, 0.25) is 0 Å². The van der Waals surface area contributed by atoms with E-state index in [-0.39, 0.29) is 24.1 Å². The molecule has 11 heteroatoms. The minimum absolute atomic E-state index is 0.0714. The van der Waals surface area contributed by atoms with Gasteiger partial charge in [-0.05, 0) is 73.9 Å². The number of pyridine rings is 1. The van der Waals surface area contributed by atoms with E-state index in [0.717, 1.165) is 62.1 Å². The highest BCUT2D eigenvalue weighted by molar-refractivity contribution is 6.11. The van der Waals surface area contributed by atoms with Crippen molar-refractivity contribution >= 4 is 17.6 Å². The van der Waals surface area contributed by atoms with Crippen LogP contribution in [0.25, 0.3) is 5.69 Å². The van der Waals surface area contributed by atoms with Crippen molar-refractivity contribution in [2.45, 2.75) is 64.6 Å². The monoisotopic (exact) mass is 573 g/mol. The van der Waals surface area contributed by atoms with Crippen LogP contribution in [0.5, 0.6) is 0 Å². The molecule has 1 heterocycles. The van der Waals surface area contributed by atoms with E-state index in [1.165, 1.54) is 0 Å². The lowest BCUT2D eigenvalue weighted by Crippen LogP contribution is -2.40. The summed E-state index contributed by atoms with van der Waals surface area (Å²) in [6.45, 7) is 3.81. The third-order valence-corrected chi connectivity index (χ3v) is 6.98. The van der Waals surface area contributed by atoms with Crippen molar-refractivity contribution in [1.29, 1.82) is 0 Å². The smallest absolute Gasteiger partial charge is 0.323 e. The van der Waals surface area contributed by atoms with Crippen LogP contribution in [0, 0.1) is 29.2 Å². The summed E-state index contributed by atoms with van der Waals surface area (Å²) in [5, 5.41) is 3.02. The van der Waals surface area contributed by atoms with E-state index < -0.39 is 69.3 Å². The molecule has 0 saturated heterocycles. The molecule has 1 aromatic heterocycles. The second-order valence-electron chi connectivity index (χ2n) is 10.6. The average Bonchev–Trinajstić information content (AvgIpc) is 3.40. The molecule has 0 aliphatic heterocycles. The first kappa shape index (κ1) is 30.0. The van der Waals surface area contributed by atoms with Gasteiger partial charge in [-0.1, -0.05) is 13.8 Å². The number of anilines is 1. The van der Waals surface area contributed by atoms with E-state index in [1.54, 1.807) is 0 Å². The minimum atomic E-state index is -1.16. The molecular formula is C30H31F4N3O4. The topological polar surface area (TPSA) is 103 Å². The third kappa shape index (κ3) is 6.84. The molecule has 0 bridgehead atoms. The second kappa shape index (κ2) is 12.7. The van der Waals surface area contributed by atoms with Gasteiger partial charge in [0.25, 0.3) is 5.56 Å². The number of esters is 1. The molecule has 0 unspecified atom stereocenters. The van der Waals surface area contributed by atoms with E-state index in [4.69, 9.17) is 10.5 Å². The minimum Gasteiger partial charge on any atom is -0.461 e. The fraction of sp³-hybridized carbons (Fsp3) is 0.367. The zero-order chi connectivity index (χ0) is 29.8. The van der Waals surface area contributed by atoms with Gasteiger partial charge in [-0.3, -0.25) is 19.0 Å². The van der Waals surface area contributed by atoms with Gasteiger partial charge >= 0.3 is 5.97 Å². The third-order valence-electron chi connectivity index (χ3n) is 6.98. The van der Waals surface area contributed by atoms with Crippen molar-refractivity contribution in [3.8, 4) is 5.69 Å². The Morgan fingerprint density at radius 1 is 0.976 bits per heavy atom. The number of nitrogen functional groups attached to an aromatic ring is 1. The summed E-state index contributed by atoms with van der Waals surface area (Å²) >= 11 is 0. The highest BCUT2D eigenvalue weighted by Crippen LogP contribution is 2.26. The number of ketones is 1. The van der Waals surface area contributed by atoms with Gasteiger partial charge < -0.3 is 15.8 Å². The summed E-state index contributed by atoms with van der Waals surface area (Å²) in [6, 6.07) is 5.44. The van der Waals surface area contributed by atoms with Crippen LogP contribution < -0.4 is 16.6 Å². The van der Waals surface area contributed by atoms with Crippen LogP contribution in [0.1, 0.15) is 67.4 Å². The van der Waals surface area contributed by atoms with E-state index in [1.807, 2.05) is 13.8 Å². The molecular weight excluding hydrogens is 542 g/mol. The highest BCUT2D eigenvalue weighted by atomic mass is 19.1. The number of halogens is 4. The maximum Gasteiger partial charge on any atom is 0.323 e. The molecule has 3 N–H and O–H groups in total. The van der Waals surface area contributed by atoms with Crippen molar-refractivity contribution in [2.75, 3.05) is 5.73 Å². The first-order valence-electron chi connectivity index (χ1n) is 13.4. The van der Waals surface area contributed by atoms with E-state index in [2.05, 4.69) is 5.32 Å². The number of benzene rings is 2. The van der Waals surface area contributed by atoms with E-state index in [0.29, 0.717) is 17.1 Å². The molecule has 1 atom stereocenters. The molecule has 7 nitrogen and oxygen atoms in total. The first-order valence-corrected chi connectivity index (χ1v) is 13.4. The fourth-order valence-corrected chi connectivity index (χ4v) is 4.96. The summed E-state index contributed by atoms with van der Waals surface area (Å²) in [4.78, 5) is 38.3. The van der Waals surface area contributed by atoms with E-state index >= 15 is 8.78 Å². The van der Waals surface area contributed by atoms with Crippen LogP contribution in [0.15, 0.2) is 47.3 Å². The molecule has 1 aliphatic carbocycles. The SMILES string of the molecule is CC(C)C[C@H](NCc1cc(F)c(-n2c(N)c(C(=O)c3ccc(F)cc3F)ccc2=O)c(F)c1)C(=O)OC1CCCC1. The molecule has 1 fully saturated rings. The van der Waals surface area contributed by atoms with E-state index in [9.17, 15) is 23.2 Å². The Labute approximate surface area is 234 Å². The van der Waals surface area contributed by atoms with Crippen molar-refractivity contribution in [3.05, 3.63) is 92.8 Å². The van der Waals surface area contributed by atoms with Gasteiger partial charge in [-0.2, -0.15) is 0 Å². The maximum atomic E-state index is 15.3. The Morgan fingerprint density at radius 2 is 1.61 bits per heavy atom. The van der Waals surface area contributed by atoms with Gasteiger partial charge in [0.05, 0.1) is 11.1 Å². The maximum absolute atomic E-state index is 15.3. The van der Waals surface area contributed by atoms with Gasteiger partial charge in [0.15, 0.2) is 17.4 Å². The molecule has 4 rings (SSSR count). The van der Waals surface area contributed by atoms with Crippen molar-refractivity contribution in [2.24, 2.45) is 5.92 Å². The Balaban J connectivity index is 1.60. The van der Waals surface area contributed by atoms with Gasteiger partial charge in [-0.15, -0.1) is 0 Å². The number of carbonyl (C=O) groups is 2. The number of nitrogens with one attached hydrogen (secondary N) is 1. The Kier molecular flexibility index (Phi) is 9.27. The van der Waals surface area contributed by atoms with Crippen molar-refractivity contribution < 1.29 is 31.9 Å². The number of ether oxygens (including phenoxy) is 1. The zero-order valence-corrected chi connectivity index (χ0v) is 22.7. The molecule has 218 valence electrons. The predicted molar refractivity (Wildman–Crippen MR) is 145 cm³/mol. The van der Waals surface area contributed by atoms with Gasteiger partial charge in [0.1, 0.15) is 35.3 Å². The standard InChI is InChI=1S/C30H31F4N3O4/c1-16(2)11-25(30(40)41-19-5-3-4-6-19)36-15-17-12-23(33)27(24(34)13-17)37-26(38)10-9-21(29(37)35)28(39)20-8-7-18(31)14-22(20)32/h7-10,12-14,16,19,25,36H,3-6,11,15,35H2,1-2H3/t25-/m0/s1. The molecule has 41 heavy (non-hydrogen) atoms. The number of hydrogen-bond acceptors (Lipinski definition) is 6. The van der Waals surface area contributed by atoms with Gasteiger partial charge in [0, 0.05) is 18.7 Å². The molecule has 1 aliphatic rings. The van der Waals surface area contributed by atoms with Crippen LogP contribution in [-0.2, 0) is 16.1 Å². The Hall–Kier alpha value is -3.99. The molecule has 0 amide bonds. The van der Waals surface area contributed by atoms with Crippen LogP contribution in [-0.4, -0.2) is 28.5 Å². The van der Waals surface area contributed by atoms with Crippen molar-refractivity contribution in [1.82, 2.24) is 9.88 Å².